The first-order valence-corrected chi connectivity index (χ1v) is 7.78. The highest BCUT2D eigenvalue weighted by Crippen LogP contribution is 2.31. The Labute approximate surface area is 142 Å². The number of halogens is 2. The van der Waals surface area contributed by atoms with Crippen LogP contribution in [0, 0.1) is 16.5 Å². The van der Waals surface area contributed by atoms with Gasteiger partial charge >= 0.3 is 5.97 Å². The van der Waals surface area contributed by atoms with Crippen molar-refractivity contribution in [3.05, 3.63) is 70.1 Å². The predicted molar refractivity (Wildman–Crippen MR) is 85.4 cm³/mol. The van der Waals surface area contributed by atoms with E-state index in [9.17, 15) is 18.5 Å². The second-order valence-corrected chi connectivity index (χ2v) is 5.73. The molecular weight excluding hydrogens is 332 g/mol. The number of nitroso groups, excluding NO2 is 1. The predicted octanol–water partition coefficient (Wildman–Crippen LogP) is 4.44. The molecule has 3 rings (SSSR count). The fraction of sp³-hybridized carbons (Fsp3) is 0.278. The second-order valence-electron chi connectivity index (χ2n) is 5.73. The van der Waals surface area contributed by atoms with Crippen molar-refractivity contribution in [2.45, 2.75) is 25.0 Å². The molecule has 7 heteroatoms. The van der Waals surface area contributed by atoms with Crippen LogP contribution in [0.2, 0.25) is 0 Å². The van der Waals surface area contributed by atoms with Crippen LogP contribution in [0.15, 0.2) is 47.6 Å². The van der Waals surface area contributed by atoms with Crippen LogP contribution in [-0.4, -0.2) is 18.7 Å². The maximum Gasteiger partial charge on any atom is 0.338 e. The Morgan fingerprint density at radius 2 is 1.88 bits per heavy atom. The third-order valence-corrected chi connectivity index (χ3v) is 4.02. The highest BCUT2D eigenvalue weighted by molar-refractivity contribution is 5.89. The summed E-state index contributed by atoms with van der Waals surface area (Å²) in [4.78, 5) is 22.4. The number of esters is 1. The molecule has 1 heterocycles. The minimum absolute atomic E-state index is 0.0976. The molecule has 0 unspecified atom stereocenters. The van der Waals surface area contributed by atoms with Crippen molar-refractivity contribution in [3.63, 3.8) is 0 Å². The molecule has 1 aliphatic heterocycles. The standard InChI is InChI=1S/C18H15F2NO4/c19-12-3-7-16(20)15(9-12)17-8-6-14(10-24-17)25-18(22)11-1-4-13(21-23)5-2-11/h1-5,7,9,14,17H,6,8,10H2/t14-,17-/m0/s1. The first-order valence-electron chi connectivity index (χ1n) is 7.78. The molecule has 1 fully saturated rings. The summed E-state index contributed by atoms with van der Waals surface area (Å²) in [6, 6.07) is 8.99. The second kappa shape index (κ2) is 7.48. The van der Waals surface area contributed by atoms with Gasteiger partial charge in [0.1, 0.15) is 23.4 Å². The molecule has 0 saturated carbocycles. The fourth-order valence-corrected chi connectivity index (χ4v) is 2.70. The number of nitrogens with zero attached hydrogens (tertiary/aromatic N) is 1. The van der Waals surface area contributed by atoms with Crippen molar-refractivity contribution in [3.8, 4) is 0 Å². The van der Waals surface area contributed by atoms with Crippen molar-refractivity contribution in [2.75, 3.05) is 6.61 Å². The zero-order valence-corrected chi connectivity index (χ0v) is 13.2. The number of ether oxygens (including phenoxy) is 2. The van der Waals surface area contributed by atoms with E-state index < -0.39 is 29.8 Å². The summed E-state index contributed by atoms with van der Waals surface area (Å²) in [5, 5.41) is 2.76. The smallest absolute Gasteiger partial charge is 0.338 e. The Hall–Kier alpha value is -2.67. The van der Waals surface area contributed by atoms with Crippen LogP contribution < -0.4 is 0 Å². The molecule has 1 saturated heterocycles. The summed E-state index contributed by atoms with van der Waals surface area (Å²) >= 11 is 0. The Bertz CT molecular complexity index is 771. The molecule has 130 valence electrons. The fourth-order valence-electron chi connectivity index (χ4n) is 2.70. The lowest BCUT2D eigenvalue weighted by Crippen LogP contribution is -2.30. The third-order valence-electron chi connectivity index (χ3n) is 4.02. The Kier molecular flexibility index (Phi) is 5.14. The summed E-state index contributed by atoms with van der Waals surface area (Å²) < 4.78 is 38.0. The number of carbonyl (C=O) groups is 1. The normalized spacial score (nSPS) is 20.1. The summed E-state index contributed by atoms with van der Waals surface area (Å²) in [6.45, 7) is 0.0976. The van der Waals surface area contributed by atoms with Crippen LogP contribution in [0.4, 0.5) is 14.5 Å². The highest BCUT2D eigenvalue weighted by Gasteiger charge is 2.27. The van der Waals surface area contributed by atoms with Gasteiger partial charge < -0.3 is 9.47 Å². The molecule has 0 aliphatic carbocycles. The number of hydrogen-bond donors (Lipinski definition) is 0. The van der Waals surface area contributed by atoms with E-state index >= 15 is 0 Å². The Morgan fingerprint density at radius 3 is 2.52 bits per heavy atom. The Morgan fingerprint density at radius 1 is 1.12 bits per heavy atom. The molecule has 25 heavy (non-hydrogen) atoms. The lowest BCUT2D eigenvalue weighted by molar-refractivity contribution is -0.0689. The van der Waals surface area contributed by atoms with E-state index in [0.29, 0.717) is 18.4 Å². The van der Waals surface area contributed by atoms with Gasteiger partial charge in [-0.2, -0.15) is 0 Å². The van der Waals surface area contributed by atoms with E-state index in [2.05, 4.69) is 5.18 Å². The van der Waals surface area contributed by atoms with Crippen LogP contribution in [0.1, 0.15) is 34.9 Å². The molecular formula is C18H15F2NO4. The molecule has 1 aliphatic rings. The molecule has 2 aromatic carbocycles. The van der Waals surface area contributed by atoms with Gasteiger partial charge in [-0.3, -0.25) is 0 Å². The van der Waals surface area contributed by atoms with Gasteiger partial charge in [0.15, 0.2) is 0 Å². The van der Waals surface area contributed by atoms with Crippen LogP contribution in [0.5, 0.6) is 0 Å². The highest BCUT2D eigenvalue weighted by atomic mass is 19.1. The maximum absolute atomic E-state index is 13.8. The van der Waals surface area contributed by atoms with Crippen molar-refractivity contribution in [1.82, 2.24) is 0 Å². The summed E-state index contributed by atoms with van der Waals surface area (Å²) in [7, 11) is 0. The van der Waals surface area contributed by atoms with Crippen molar-refractivity contribution in [2.24, 2.45) is 5.18 Å². The van der Waals surface area contributed by atoms with E-state index in [1.165, 1.54) is 24.3 Å². The van der Waals surface area contributed by atoms with Crippen LogP contribution in [0.25, 0.3) is 0 Å². The molecule has 2 aromatic rings. The van der Waals surface area contributed by atoms with Gasteiger partial charge in [0.25, 0.3) is 0 Å². The van der Waals surface area contributed by atoms with Crippen LogP contribution in [-0.2, 0) is 9.47 Å². The molecule has 0 spiro atoms. The SMILES string of the molecule is O=Nc1ccc(C(=O)O[C@H]2CC[C@@H](c3cc(F)ccc3F)OC2)cc1. The molecule has 0 amide bonds. The lowest BCUT2D eigenvalue weighted by Gasteiger charge is -2.29. The number of carbonyl (C=O) groups excluding carboxylic acids is 1. The number of hydrogen-bond acceptors (Lipinski definition) is 5. The van der Waals surface area contributed by atoms with Crippen molar-refractivity contribution >= 4 is 11.7 Å². The first-order chi connectivity index (χ1) is 12.1. The Balaban J connectivity index is 1.57. The molecule has 2 atom stereocenters. The lowest BCUT2D eigenvalue weighted by atomic mass is 9.99. The van der Waals surface area contributed by atoms with Crippen molar-refractivity contribution in [1.29, 1.82) is 0 Å². The zero-order chi connectivity index (χ0) is 17.8. The summed E-state index contributed by atoms with van der Waals surface area (Å²) in [6.07, 6.45) is -0.153. The third kappa shape index (κ3) is 4.06. The maximum atomic E-state index is 13.8. The van der Waals surface area contributed by atoms with Gasteiger partial charge in [-0.15, -0.1) is 4.91 Å². The summed E-state index contributed by atoms with van der Waals surface area (Å²) in [5.41, 5.74) is 0.685. The van der Waals surface area contributed by atoms with Gasteiger partial charge in [0.05, 0.1) is 18.3 Å². The largest absolute Gasteiger partial charge is 0.456 e. The number of rotatable bonds is 4. The van der Waals surface area contributed by atoms with Crippen LogP contribution in [0.3, 0.4) is 0 Å². The van der Waals surface area contributed by atoms with E-state index in [0.717, 1.165) is 18.2 Å². The average molecular weight is 347 g/mol. The molecule has 0 aromatic heterocycles. The van der Waals surface area contributed by atoms with Gasteiger partial charge in [-0.1, -0.05) is 0 Å². The average Bonchev–Trinajstić information content (AvgIpc) is 2.64. The quantitative estimate of drug-likeness (QED) is 0.606. The van der Waals surface area contributed by atoms with Gasteiger partial charge in [-0.25, -0.2) is 13.6 Å². The summed E-state index contributed by atoms with van der Waals surface area (Å²) in [5.74, 6) is -1.59. The van der Waals surface area contributed by atoms with Crippen molar-refractivity contribution < 1.29 is 23.0 Å². The van der Waals surface area contributed by atoms with E-state index in [4.69, 9.17) is 9.47 Å². The first kappa shape index (κ1) is 17.2. The number of benzene rings is 2. The zero-order valence-electron chi connectivity index (χ0n) is 13.2. The van der Waals surface area contributed by atoms with Gasteiger partial charge in [0.2, 0.25) is 0 Å². The molecule has 0 bridgehead atoms. The van der Waals surface area contributed by atoms with Gasteiger partial charge in [-0.05, 0) is 60.5 Å². The van der Waals surface area contributed by atoms with Gasteiger partial charge in [0, 0.05) is 5.56 Å². The minimum atomic E-state index is -0.566. The van der Waals surface area contributed by atoms with E-state index in [-0.39, 0.29) is 17.9 Å². The topological polar surface area (TPSA) is 65.0 Å². The molecule has 0 N–H and O–H groups in total. The van der Waals surface area contributed by atoms with Crippen LogP contribution >= 0.6 is 0 Å². The molecule has 5 nitrogen and oxygen atoms in total. The minimum Gasteiger partial charge on any atom is -0.456 e. The monoisotopic (exact) mass is 347 g/mol. The molecule has 0 radical (unpaired) electrons. The van der Waals surface area contributed by atoms with E-state index in [1.807, 2.05) is 0 Å². The van der Waals surface area contributed by atoms with E-state index in [1.54, 1.807) is 0 Å².